The molecule has 3 heterocycles. The topological polar surface area (TPSA) is 99.2 Å². The van der Waals surface area contributed by atoms with Crippen molar-refractivity contribution in [3.63, 3.8) is 0 Å². The quantitative estimate of drug-likeness (QED) is 0.694. The van der Waals surface area contributed by atoms with Crippen molar-refractivity contribution in [3.8, 4) is 11.1 Å². The molecule has 0 radical (unpaired) electrons. The van der Waals surface area contributed by atoms with E-state index in [2.05, 4.69) is 15.3 Å². The third-order valence-electron chi connectivity index (χ3n) is 4.92. The minimum atomic E-state index is -0.571. The Morgan fingerprint density at radius 2 is 2.10 bits per heavy atom. The van der Waals surface area contributed by atoms with Gasteiger partial charge in [-0.3, -0.25) is 9.88 Å². The number of hydrogen-bond acceptors (Lipinski definition) is 6. The molecule has 4 rings (SSSR count). The Bertz CT molecular complexity index is 1070. The number of cyclic esters (lactones) is 1. The number of pyridine rings is 1. The summed E-state index contributed by atoms with van der Waals surface area (Å²) in [4.78, 5) is 18.0. The lowest BCUT2D eigenvalue weighted by molar-refractivity contribution is 0.129. The van der Waals surface area contributed by atoms with Gasteiger partial charge in [0.15, 0.2) is 0 Å². The van der Waals surface area contributed by atoms with E-state index in [1.807, 2.05) is 20.8 Å². The number of carbonyl (C=O) groups is 1. The van der Waals surface area contributed by atoms with Gasteiger partial charge < -0.3 is 10.5 Å². The molecule has 0 unspecified atom stereocenters. The number of rotatable bonds is 5. The molecule has 3 aromatic rings. The molecule has 1 saturated heterocycles. The molecular formula is C21H23FN6O2. The molecule has 2 N–H and O–H groups in total. The molecule has 0 spiro atoms. The van der Waals surface area contributed by atoms with Crippen molar-refractivity contribution in [2.45, 2.75) is 39.0 Å². The van der Waals surface area contributed by atoms with Gasteiger partial charge in [0.1, 0.15) is 11.9 Å². The highest BCUT2D eigenvalue weighted by atomic mass is 19.1. The monoisotopic (exact) mass is 410 g/mol. The van der Waals surface area contributed by atoms with Crippen LogP contribution in [0.2, 0.25) is 0 Å². The number of nitrogens with zero attached hydrogens (tertiary/aromatic N) is 5. The van der Waals surface area contributed by atoms with Crippen LogP contribution in [0.1, 0.15) is 25.2 Å². The number of ether oxygens (including phenoxy) is 1. The Morgan fingerprint density at radius 1 is 1.30 bits per heavy atom. The zero-order valence-electron chi connectivity index (χ0n) is 17.0. The normalized spacial score (nSPS) is 16.8. The van der Waals surface area contributed by atoms with Crippen LogP contribution in [0.4, 0.5) is 14.9 Å². The molecule has 0 aliphatic carbocycles. The summed E-state index contributed by atoms with van der Waals surface area (Å²) in [5, 5.41) is 7.89. The maximum Gasteiger partial charge on any atom is 0.414 e. The fourth-order valence-electron chi connectivity index (χ4n) is 3.36. The summed E-state index contributed by atoms with van der Waals surface area (Å²) in [6.45, 7) is 6.24. The minimum Gasteiger partial charge on any atom is -0.442 e. The van der Waals surface area contributed by atoms with Gasteiger partial charge >= 0.3 is 6.09 Å². The lowest BCUT2D eigenvalue weighted by Gasteiger charge is -2.18. The highest BCUT2D eigenvalue weighted by molar-refractivity contribution is 5.90. The molecule has 1 fully saturated rings. The van der Waals surface area contributed by atoms with E-state index in [-0.39, 0.29) is 0 Å². The van der Waals surface area contributed by atoms with Gasteiger partial charge in [-0.15, -0.1) is 5.10 Å². The van der Waals surface area contributed by atoms with Crippen molar-refractivity contribution < 1.29 is 13.9 Å². The summed E-state index contributed by atoms with van der Waals surface area (Å²) in [6.07, 6.45) is 2.47. The summed E-state index contributed by atoms with van der Waals surface area (Å²) in [5.74, 6) is -0.447. The second-order valence-electron chi connectivity index (χ2n) is 8.02. The lowest BCUT2D eigenvalue weighted by atomic mass is 9.99. The van der Waals surface area contributed by atoms with Crippen molar-refractivity contribution in [1.29, 1.82) is 0 Å². The molecule has 0 saturated carbocycles. The molecule has 8 nitrogen and oxygen atoms in total. The fraction of sp³-hybridized carbons (Fsp3) is 0.333. The maximum atomic E-state index is 14.8. The minimum absolute atomic E-state index is 0.304. The summed E-state index contributed by atoms with van der Waals surface area (Å²) in [7, 11) is 0. The van der Waals surface area contributed by atoms with E-state index in [1.165, 1.54) is 11.0 Å². The predicted molar refractivity (Wildman–Crippen MR) is 109 cm³/mol. The van der Waals surface area contributed by atoms with Crippen molar-refractivity contribution in [3.05, 3.63) is 59.9 Å². The van der Waals surface area contributed by atoms with Gasteiger partial charge in [0.2, 0.25) is 0 Å². The average molecular weight is 410 g/mol. The Morgan fingerprint density at radius 3 is 2.70 bits per heavy atom. The summed E-state index contributed by atoms with van der Waals surface area (Å²) < 4.78 is 21.9. The first-order valence-corrected chi connectivity index (χ1v) is 9.61. The third kappa shape index (κ3) is 4.02. The highest BCUT2D eigenvalue weighted by Gasteiger charge is 2.33. The van der Waals surface area contributed by atoms with Crippen molar-refractivity contribution in [1.82, 2.24) is 20.0 Å². The molecule has 9 heteroatoms. The van der Waals surface area contributed by atoms with Crippen molar-refractivity contribution >= 4 is 11.8 Å². The molecular weight excluding hydrogens is 387 g/mol. The number of benzene rings is 1. The van der Waals surface area contributed by atoms with Crippen molar-refractivity contribution in [2.75, 3.05) is 11.4 Å². The molecule has 156 valence electrons. The summed E-state index contributed by atoms with van der Waals surface area (Å²) in [5.41, 5.74) is 8.45. The SMILES string of the molecule is Cc1cn(C[C@H]2CN(c3ccc(-c4ccc(C(C)(C)N)nc4)c(F)c3)C(=O)O2)nn1. The number of aryl methyl sites for hydroxylation is 1. The molecule has 1 aromatic carbocycles. The van der Waals surface area contributed by atoms with E-state index in [0.717, 1.165) is 11.4 Å². The van der Waals surface area contributed by atoms with Gasteiger partial charge in [-0.25, -0.2) is 13.9 Å². The van der Waals surface area contributed by atoms with Gasteiger partial charge in [-0.1, -0.05) is 11.3 Å². The predicted octanol–water partition coefficient (Wildman–Crippen LogP) is 3.01. The van der Waals surface area contributed by atoms with Crippen molar-refractivity contribution in [2.24, 2.45) is 5.73 Å². The number of anilines is 1. The third-order valence-corrected chi connectivity index (χ3v) is 4.92. The number of halogens is 1. The Balaban J connectivity index is 1.51. The number of amides is 1. The molecule has 1 aliphatic heterocycles. The zero-order valence-corrected chi connectivity index (χ0v) is 17.0. The highest BCUT2D eigenvalue weighted by Crippen LogP contribution is 2.29. The first kappa shape index (κ1) is 20.0. The Hall–Kier alpha value is -3.33. The molecule has 1 aliphatic rings. The largest absolute Gasteiger partial charge is 0.442 e. The summed E-state index contributed by atoms with van der Waals surface area (Å²) >= 11 is 0. The molecule has 30 heavy (non-hydrogen) atoms. The number of nitrogens with two attached hydrogens (primary N) is 1. The van der Waals surface area contributed by atoms with E-state index in [1.54, 1.807) is 41.3 Å². The van der Waals surface area contributed by atoms with Crippen LogP contribution >= 0.6 is 0 Å². The van der Waals surface area contributed by atoms with Gasteiger partial charge in [-0.05, 0) is 45.0 Å². The smallest absolute Gasteiger partial charge is 0.414 e. The summed E-state index contributed by atoms with van der Waals surface area (Å²) in [6, 6.07) is 8.24. The number of carbonyl (C=O) groups excluding carboxylic acids is 1. The van der Waals surface area contributed by atoms with Crippen LogP contribution < -0.4 is 10.6 Å². The van der Waals surface area contributed by atoms with Crippen LogP contribution in [0, 0.1) is 12.7 Å². The van der Waals surface area contributed by atoms with Gasteiger partial charge in [0.05, 0.1) is 35.7 Å². The van der Waals surface area contributed by atoms with Crippen LogP contribution in [0.5, 0.6) is 0 Å². The first-order valence-electron chi connectivity index (χ1n) is 9.61. The second kappa shape index (κ2) is 7.49. The Kier molecular flexibility index (Phi) is 4.98. The maximum absolute atomic E-state index is 14.8. The standard InChI is InChI=1S/C21H23FN6O2/c1-13-10-27(26-25-13)11-16-12-28(20(29)30-16)15-5-6-17(18(22)8-15)14-4-7-19(24-9-14)21(2,3)23/h4-10,16H,11-12,23H2,1-3H3/t16-/m0/s1. The van der Waals surface area contributed by atoms with Gasteiger partial charge in [-0.2, -0.15) is 0 Å². The van der Waals surface area contributed by atoms with Crippen LogP contribution in [0.3, 0.4) is 0 Å². The van der Waals surface area contributed by atoms with Crippen LogP contribution in [-0.4, -0.2) is 38.7 Å². The number of hydrogen-bond donors (Lipinski definition) is 1. The molecule has 1 amide bonds. The lowest BCUT2D eigenvalue weighted by Crippen LogP contribution is -2.29. The van der Waals surface area contributed by atoms with E-state index in [4.69, 9.17) is 10.5 Å². The van der Waals surface area contributed by atoms with Gasteiger partial charge in [0.25, 0.3) is 0 Å². The van der Waals surface area contributed by atoms with E-state index >= 15 is 0 Å². The van der Waals surface area contributed by atoms with E-state index < -0.39 is 23.6 Å². The Labute approximate surface area is 173 Å². The molecule has 2 aromatic heterocycles. The van der Waals surface area contributed by atoms with E-state index in [0.29, 0.717) is 29.9 Å². The first-order chi connectivity index (χ1) is 14.2. The zero-order chi connectivity index (χ0) is 21.5. The van der Waals surface area contributed by atoms with Gasteiger partial charge in [0, 0.05) is 23.5 Å². The fourth-order valence-corrected chi connectivity index (χ4v) is 3.36. The second-order valence-corrected chi connectivity index (χ2v) is 8.02. The van der Waals surface area contributed by atoms with Crippen LogP contribution in [0.25, 0.3) is 11.1 Å². The number of aromatic nitrogens is 4. The molecule has 0 bridgehead atoms. The molecule has 1 atom stereocenters. The van der Waals surface area contributed by atoms with Crippen LogP contribution in [0.15, 0.2) is 42.7 Å². The van der Waals surface area contributed by atoms with Crippen LogP contribution in [-0.2, 0) is 16.8 Å². The van der Waals surface area contributed by atoms with E-state index in [9.17, 15) is 9.18 Å². The average Bonchev–Trinajstić information content (AvgIpc) is 3.26.